The van der Waals surface area contributed by atoms with Gasteiger partial charge in [-0.1, -0.05) is 35.9 Å². The van der Waals surface area contributed by atoms with Crippen LogP contribution < -0.4 is 10.6 Å². The Morgan fingerprint density at radius 1 is 0.944 bits per heavy atom. The molecule has 2 aliphatic rings. The topological polar surface area (TPSA) is 61.4 Å². The normalized spacial score (nSPS) is 21.7. The van der Waals surface area contributed by atoms with Crippen molar-refractivity contribution in [3.8, 4) is 0 Å². The van der Waals surface area contributed by atoms with Gasteiger partial charge in [-0.2, -0.15) is 13.2 Å². The molecule has 2 N–H and O–H groups in total. The lowest BCUT2D eigenvalue weighted by atomic mass is 9.80. The molecule has 2 aromatic carbocycles. The number of carbonyl (C=O) groups is 2. The zero-order valence-electron chi connectivity index (χ0n) is 20.6. The van der Waals surface area contributed by atoms with E-state index in [0.29, 0.717) is 12.0 Å². The second-order valence-corrected chi connectivity index (χ2v) is 10.1. The molecule has 0 spiro atoms. The van der Waals surface area contributed by atoms with E-state index < -0.39 is 17.6 Å². The Hall–Kier alpha value is -2.87. The third kappa shape index (κ3) is 6.87. The first kappa shape index (κ1) is 26.2. The van der Waals surface area contributed by atoms with E-state index in [2.05, 4.69) is 46.7 Å². The highest BCUT2D eigenvalue weighted by Crippen LogP contribution is 2.36. The van der Waals surface area contributed by atoms with Crippen molar-refractivity contribution < 1.29 is 22.8 Å². The van der Waals surface area contributed by atoms with E-state index in [1.54, 1.807) is 0 Å². The van der Waals surface area contributed by atoms with Crippen molar-refractivity contribution >= 4 is 11.8 Å². The van der Waals surface area contributed by atoms with Gasteiger partial charge in [-0.25, -0.2) is 0 Å². The molecule has 194 valence electrons. The second kappa shape index (κ2) is 11.5. The number of hydrogen-bond donors (Lipinski definition) is 2. The molecular weight excluding hydrogens is 467 g/mol. The first-order chi connectivity index (χ1) is 17.2. The van der Waals surface area contributed by atoms with Gasteiger partial charge < -0.3 is 15.5 Å². The van der Waals surface area contributed by atoms with E-state index in [1.807, 2.05) is 0 Å². The summed E-state index contributed by atoms with van der Waals surface area (Å²) in [6.07, 6.45) is 1.97. The largest absolute Gasteiger partial charge is 0.416 e. The Balaban J connectivity index is 1.17. The maximum atomic E-state index is 12.9. The van der Waals surface area contributed by atoms with E-state index in [1.165, 1.54) is 48.9 Å². The number of rotatable bonds is 6. The van der Waals surface area contributed by atoms with Crippen LogP contribution in [-0.4, -0.2) is 48.4 Å². The van der Waals surface area contributed by atoms with Crippen LogP contribution in [0.15, 0.2) is 48.5 Å². The molecule has 5 nitrogen and oxygen atoms in total. The fourth-order valence-electron chi connectivity index (χ4n) is 5.49. The van der Waals surface area contributed by atoms with Gasteiger partial charge in [-0.05, 0) is 75.1 Å². The molecule has 1 saturated heterocycles. The average molecular weight is 502 g/mol. The quantitative estimate of drug-likeness (QED) is 0.582. The van der Waals surface area contributed by atoms with Gasteiger partial charge in [-0.15, -0.1) is 0 Å². The molecule has 2 amide bonds. The van der Waals surface area contributed by atoms with Gasteiger partial charge in [0.1, 0.15) is 0 Å². The minimum atomic E-state index is -4.52. The Morgan fingerprint density at radius 2 is 1.64 bits per heavy atom. The molecule has 2 fully saturated rings. The Bertz CT molecular complexity index is 1060. The van der Waals surface area contributed by atoms with E-state index in [9.17, 15) is 22.8 Å². The maximum Gasteiger partial charge on any atom is 0.416 e. The van der Waals surface area contributed by atoms with Crippen LogP contribution in [0.4, 0.5) is 13.2 Å². The van der Waals surface area contributed by atoms with Crippen LogP contribution in [0.1, 0.15) is 71.5 Å². The lowest BCUT2D eigenvalue weighted by Gasteiger charge is -2.41. The summed E-state index contributed by atoms with van der Waals surface area (Å²) in [5.41, 5.74) is 1.75. The van der Waals surface area contributed by atoms with Crippen LogP contribution in [0.2, 0.25) is 0 Å². The molecule has 0 radical (unpaired) electrons. The van der Waals surface area contributed by atoms with Gasteiger partial charge in [-0.3, -0.25) is 9.59 Å². The van der Waals surface area contributed by atoms with Crippen LogP contribution >= 0.6 is 0 Å². The molecule has 2 aromatic rings. The number of aryl methyl sites for hydroxylation is 1. The first-order valence-electron chi connectivity index (χ1n) is 12.7. The predicted molar refractivity (Wildman–Crippen MR) is 133 cm³/mol. The summed E-state index contributed by atoms with van der Waals surface area (Å²) < 4.78 is 38.6. The predicted octanol–water partition coefficient (Wildman–Crippen LogP) is 5.05. The molecule has 1 aliphatic heterocycles. The van der Waals surface area contributed by atoms with Gasteiger partial charge >= 0.3 is 6.18 Å². The highest BCUT2D eigenvalue weighted by Gasteiger charge is 2.31. The number of benzene rings is 2. The molecule has 0 unspecified atom stereocenters. The molecule has 36 heavy (non-hydrogen) atoms. The van der Waals surface area contributed by atoms with Crippen molar-refractivity contribution in [1.29, 1.82) is 0 Å². The standard InChI is InChI=1S/C28H34F3N3O2/c1-19-4-2-5-21(16-19)20-8-10-25(11-9-20)34-14-12-24(13-15-34)33-26(35)18-32-27(36)22-6-3-7-23(17-22)28(29,30)31/h2-7,16-17,20,24-25H,8-15,18H2,1H3,(H,32,36)(H,33,35). The molecule has 4 rings (SSSR count). The number of nitrogens with zero attached hydrogens (tertiary/aromatic N) is 1. The van der Waals surface area contributed by atoms with Gasteiger partial charge in [0.25, 0.3) is 5.91 Å². The van der Waals surface area contributed by atoms with Gasteiger partial charge in [0, 0.05) is 30.7 Å². The Morgan fingerprint density at radius 3 is 2.31 bits per heavy atom. The molecule has 0 bridgehead atoms. The fraction of sp³-hybridized carbons (Fsp3) is 0.500. The molecule has 0 atom stereocenters. The van der Waals surface area contributed by atoms with E-state index in [0.717, 1.165) is 38.1 Å². The number of amides is 2. The summed E-state index contributed by atoms with van der Waals surface area (Å²) in [5.74, 6) is -0.385. The number of carbonyl (C=O) groups excluding carboxylic acids is 2. The molecule has 0 aromatic heterocycles. The number of halogens is 3. The van der Waals surface area contributed by atoms with Gasteiger partial charge in [0.05, 0.1) is 12.1 Å². The smallest absolute Gasteiger partial charge is 0.352 e. The van der Waals surface area contributed by atoms with Crippen molar-refractivity contribution in [1.82, 2.24) is 15.5 Å². The number of nitrogens with one attached hydrogen (secondary N) is 2. The van der Waals surface area contributed by atoms with Crippen LogP contribution in [0.3, 0.4) is 0 Å². The second-order valence-electron chi connectivity index (χ2n) is 10.1. The number of alkyl halides is 3. The maximum absolute atomic E-state index is 12.9. The third-order valence-electron chi connectivity index (χ3n) is 7.48. The zero-order valence-corrected chi connectivity index (χ0v) is 20.6. The highest BCUT2D eigenvalue weighted by molar-refractivity contribution is 5.96. The average Bonchev–Trinajstić information content (AvgIpc) is 2.87. The lowest BCUT2D eigenvalue weighted by molar-refractivity contribution is -0.137. The number of piperidine rings is 1. The van der Waals surface area contributed by atoms with Crippen LogP contribution in [-0.2, 0) is 11.0 Å². The van der Waals surface area contributed by atoms with E-state index in [-0.39, 0.29) is 24.1 Å². The van der Waals surface area contributed by atoms with Crippen molar-refractivity contribution in [2.45, 2.75) is 69.6 Å². The van der Waals surface area contributed by atoms with Crippen molar-refractivity contribution in [3.05, 3.63) is 70.8 Å². The fourth-order valence-corrected chi connectivity index (χ4v) is 5.49. The monoisotopic (exact) mass is 501 g/mol. The van der Waals surface area contributed by atoms with Crippen molar-refractivity contribution in [2.24, 2.45) is 0 Å². The minimum Gasteiger partial charge on any atom is -0.352 e. The summed E-state index contributed by atoms with van der Waals surface area (Å²) >= 11 is 0. The minimum absolute atomic E-state index is 0.0443. The highest BCUT2D eigenvalue weighted by atomic mass is 19.4. The molecule has 8 heteroatoms. The summed E-state index contributed by atoms with van der Waals surface area (Å²) in [6, 6.07) is 13.7. The summed E-state index contributed by atoms with van der Waals surface area (Å²) in [6.45, 7) is 3.74. The Kier molecular flexibility index (Phi) is 8.34. The van der Waals surface area contributed by atoms with E-state index in [4.69, 9.17) is 0 Å². The number of hydrogen-bond acceptors (Lipinski definition) is 3. The molecule has 1 saturated carbocycles. The summed E-state index contributed by atoms with van der Waals surface area (Å²) in [4.78, 5) is 27.1. The number of likely N-dealkylation sites (tertiary alicyclic amines) is 1. The van der Waals surface area contributed by atoms with Crippen molar-refractivity contribution in [2.75, 3.05) is 19.6 Å². The van der Waals surface area contributed by atoms with Crippen LogP contribution in [0, 0.1) is 6.92 Å². The molecule has 1 aliphatic carbocycles. The van der Waals surface area contributed by atoms with Crippen LogP contribution in [0.5, 0.6) is 0 Å². The van der Waals surface area contributed by atoms with Gasteiger partial charge in [0.2, 0.25) is 5.91 Å². The summed E-state index contributed by atoms with van der Waals surface area (Å²) in [5, 5.41) is 5.38. The van der Waals surface area contributed by atoms with E-state index >= 15 is 0 Å². The lowest BCUT2D eigenvalue weighted by Crippen LogP contribution is -2.50. The van der Waals surface area contributed by atoms with Crippen LogP contribution in [0.25, 0.3) is 0 Å². The van der Waals surface area contributed by atoms with Gasteiger partial charge in [0.15, 0.2) is 0 Å². The molecule has 1 heterocycles. The zero-order chi connectivity index (χ0) is 25.7. The third-order valence-corrected chi connectivity index (χ3v) is 7.48. The Labute approximate surface area is 210 Å². The SMILES string of the molecule is Cc1cccc(C2CCC(N3CCC(NC(=O)CNC(=O)c4cccc(C(F)(F)F)c4)CC3)CC2)c1. The first-order valence-corrected chi connectivity index (χ1v) is 12.7. The molecular formula is C28H34F3N3O2. The summed E-state index contributed by atoms with van der Waals surface area (Å²) in [7, 11) is 0. The van der Waals surface area contributed by atoms with Crippen molar-refractivity contribution in [3.63, 3.8) is 0 Å².